The van der Waals surface area contributed by atoms with Crippen molar-refractivity contribution in [3.63, 3.8) is 0 Å². The number of carboxylic acid groups (broad SMARTS) is 1. The van der Waals surface area contributed by atoms with Crippen LogP contribution in [-0.4, -0.2) is 29.1 Å². The fourth-order valence-electron chi connectivity index (χ4n) is 2.40. The van der Waals surface area contributed by atoms with Gasteiger partial charge in [-0.25, -0.2) is 9.59 Å². The number of primary amides is 1. The summed E-state index contributed by atoms with van der Waals surface area (Å²) in [5.74, 6) is -2.23. The Kier molecular flexibility index (Phi) is 7.02. The molecule has 9 nitrogen and oxygen atoms in total. The summed E-state index contributed by atoms with van der Waals surface area (Å²) < 4.78 is 5.34. The smallest absolute Gasteiger partial charge is 0.408 e. The first-order valence-corrected chi connectivity index (χ1v) is 8.75. The Bertz CT molecular complexity index is 895. The lowest BCUT2D eigenvalue weighted by molar-refractivity contribution is -0.141. The van der Waals surface area contributed by atoms with Crippen LogP contribution in [0.2, 0.25) is 0 Å². The fourth-order valence-corrected chi connectivity index (χ4v) is 2.40. The largest absolute Gasteiger partial charge is 0.480 e. The molecule has 0 saturated carbocycles. The van der Waals surface area contributed by atoms with Crippen molar-refractivity contribution in [2.45, 2.75) is 31.9 Å². The summed E-state index contributed by atoms with van der Waals surface area (Å²) in [7, 11) is 0. The number of ether oxygens (including phenoxy) is 1. The van der Waals surface area contributed by atoms with Crippen LogP contribution in [-0.2, 0) is 19.9 Å². The van der Waals surface area contributed by atoms with Crippen LogP contribution in [0.3, 0.4) is 0 Å². The monoisotopic (exact) mass is 398 g/mol. The zero-order valence-corrected chi connectivity index (χ0v) is 16.0. The molecular weight excluding hydrogens is 376 g/mol. The Morgan fingerprint density at radius 2 is 1.59 bits per heavy atom. The van der Waals surface area contributed by atoms with Crippen LogP contribution in [0.4, 0.5) is 16.2 Å². The van der Waals surface area contributed by atoms with E-state index in [4.69, 9.17) is 15.6 Å². The Morgan fingerprint density at radius 3 is 2.10 bits per heavy atom. The van der Waals surface area contributed by atoms with Gasteiger partial charge in [0.15, 0.2) is 0 Å². The molecule has 2 aromatic rings. The molecule has 2 aromatic carbocycles. The number of nitrogens with two attached hydrogens (primary N) is 1. The van der Waals surface area contributed by atoms with Gasteiger partial charge < -0.3 is 20.9 Å². The second-order valence-electron chi connectivity index (χ2n) is 6.69. The number of nitrogens with zero attached hydrogens (tertiary/aromatic N) is 2. The van der Waals surface area contributed by atoms with Gasteiger partial charge in [0.2, 0.25) is 5.91 Å². The summed E-state index contributed by atoms with van der Waals surface area (Å²) >= 11 is 0. The van der Waals surface area contributed by atoms with Gasteiger partial charge in [0.05, 0.1) is 17.8 Å². The molecule has 0 unspecified atom stereocenters. The normalized spacial score (nSPS) is 12.3. The second kappa shape index (κ2) is 9.45. The summed E-state index contributed by atoms with van der Waals surface area (Å²) in [4.78, 5) is 34.1. The minimum absolute atomic E-state index is 0.536. The van der Waals surface area contributed by atoms with E-state index in [9.17, 15) is 14.4 Å². The number of carbonyl (C=O) groups is 3. The van der Waals surface area contributed by atoms with Gasteiger partial charge in [-0.3, -0.25) is 4.79 Å². The van der Waals surface area contributed by atoms with Crippen LogP contribution in [0.5, 0.6) is 0 Å². The zero-order chi connectivity index (χ0) is 21.4. The molecule has 0 aliphatic heterocycles. The first-order chi connectivity index (χ1) is 13.7. The minimum Gasteiger partial charge on any atom is -0.480 e. The van der Waals surface area contributed by atoms with Crippen LogP contribution in [0, 0.1) is 0 Å². The lowest BCUT2D eigenvalue weighted by Crippen LogP contribution is -2.45. The number of nitrogens with one attached hydrogen (secondary N) is 1. The summed E-state index contributed by atoms with van der Waals surface area (Å²) in [6, 6.07) is 14.7. The first kappa shape index (κ1) is 21.5. The SMILES string of the molecule is CC(C)(OC(=O)N[C@@H](CC(N)=O)C(=O)O)c1ccc(N=Nc2ccccc2)cc1. The summed E-state index contributed by atoms with van der Waals surface area (Å²) in [6.07, 6.45) is -1.51. The first-order valence-electron chi connectivity index (χ1n) is 8.75. The van der Waals surface area contributed by atoms with E-state index in [1.165, 1.54) is 0 Å². The molecule has 152 valence electrons. The van der Waals surface area contributed by atoms with Crippen LogP contribution >= 0.6 is 0 Å². The number of carboxylic acids is 1. The average molecular weight is 398 g/mol. The third-order valence-electron chi connectivity index (χ3n) is 3.94. The Morgan fingerprint density at radius 1 is 1.03 bits per heavy atom. The van der Waals surface area contributed by atoms with Gasteiger partial charge in [0, 0.05) is 0 Å². The molecule has 0 aromatic heterocycles. The van der Waals surface area contributed by atoms with Crippen molar-refractivity contribution in [1.82, 2.24) is 5.32 Å². The lowest BCUT2D eigenvalue weighted by Gasteiger charge is -2.26. The van der Waals surface area contributed by atoms with Crippen molar-refractivity contribution in [2.24, 2.45) is 16.0 Å². The average Bonchev–Trinajstić information content (AvgIpc) is 2.66. The van der Waals surface area contributed by atoms with Gasteiger partial charge in [0.1, 0.15) is 11.6 Å². The van der Waals surface area contributed by atoms with Gasteiger partial charge >= 0.3 is 12.1 Å². The van der Waals surface area contributed by atoms with Crippen LogP contribution in [0.15, 0.2) is 64.8 Å². The Labute approximate surface area is 167 Å². The number of aliphatic carboxylic acids is 1. The van der Waals surface area contributed by atoms with E-state index in [1.54, 1.807) is 38.1 Å². The Hall–Kier alpha value is -3.75. The van der Waals surface area contributed by atoms with Gasteiger partial charge in [-0.05, 0) is 43.7 Å². The van der Waals surface area contributed by atoms with E-state index >= 15 is 0 Å². The molecule has 9 heteroatoms. The van der Waals surface area contributed by atoms with Crippen LogP contribution < -0.4 is 11.1 Å². The number of hydrogen-bond donors (Lipinski definition) is 3. The lowest BCUT2D eigenvalue weighted by atomic mass is 9.98. The predicted molar refractivity (Wildman–Crippen MR) is 105 cm³/mol. The molecule has 0 aliphatic carbocycles. The van der Waals surface area contributed by atoms with Gasteiger partial charge in [0.25, 0.3) is 0 Å². The van der Waals surface area contributed by atoms with E-state index in [-0.39, 0.29) is 0 Å². The van der Waals surface area contributed by atoms with Crippen molar-refractivity contribution >= 4 is 29.3 Å². The number of hydrogen-bond acceptors (Lipinski definition) is 6. The number of benzene rings is 2. The van der Waals surface area contributed by atoms with E-state index in [2.05, 4.69) is 15.5 Å². The standard InChI is InChI=1S/C20H22N4O5/c1-20(2,29-19(28)22-16(18(26)27)12-17(21)25)13-8-10-15(11-9-13)24-23-14-6-4-3-5-7-14/h3-11,16H,12H2,1-2H3,(H2,21,25)(H,22,28)(H,26,27)/t16-/m0/s1. The number of rotatable bonds is 8. The highest BCUT2D eigenvalue weighted by atomic mass is 16.6. The van der Waals surface area contributed by atoms with E-state index in [0.717, 1.165) is 5.69 Å². The van der Waals surface area contributed by atoms with E-state index < -0.39 is 36.0 Å². The van der Waals surface area contributed by atoms with Crippen LogP contribution in [0.25, 0.3) is 0 Å². The van der Waals surface area contributed by atoms with Crippen molar-refractivity contribution in [3.05, 3.63) is 60.2 Å². The molecular formula is C20H22N4O5. The van der Waals surface area contributed by atoms with Gasteiger partial charge in [-0.2, -0.15) is 10.2 Å². The maximum Gasteiger partial charge on any atom is 0.408 e. The van der Waals surface area contributed by atoms with Gasteiger partial charge in [-0.15, -0.1) is 0 Å². The minimum atomic E-state index is -1.46. The Balaban J connectivity index is 2.02. The number of alkyl carbamates (subject to hydrolysis) is 1. The molecule has 1 atom stereocenters. The quantitative estimate of drug-likeness (QED) is 0.584. The summed E-state index contributed by atoms with van der Waals surface area (Å²) in [6.45, 7) is 3.30. The number of carbonyl (C=O) groups excluding carboxylic acids is 2. The fraction of sp³-hybridized carbons (Fsp3) is 0.250. The number of azo groups is 1. The highest BCUT2D eigenvalue weighted by molar-refractivity contribution is 5.86. The maximum atomic E-state index is 12.1. The van der Waals surface area contributed by atoms with E-state index in [1.807, 2.05) is 30.3 Å². The van der Waals surface area contributed by atoms with Crippen molar-refractivity contribution in [3.8, 4) is 0 Å². The van der Waals surface area contributed by atoms with E-state index in [0.29, 0.717) is 11.3 Å². The molecule has 0 spiro atoms. The molecule has 0 bridgehead atoms. The molecule has 0 aliphatic rings. The highest BCUT2D eigenvalue weighted by Gasteiger charge is 2.29. The highest BCUT2D eigenvalue weighted by Crippen LogP contribution is 2.27. The molecule has 0 heterocycles. The molecule has 0 radical (unpaired) electrons. The second-order valence-corrected chi connectivity index (χ2v) is 6.69. The third kappa shape index (κ3) is 6.73. The molecule has 0 fully saturated rings. The molecule has 2 amide bonds. The predicted octanol–water partition coefficient (Wildman–Crippen LogP) is 3.39. The maximum absolute atomic E-state index is 12.1. The molecule has 29 heavy (non-hydrogen) atoms. The molecule has 2 rings (SSSR count). The third-order valence-corrected chi connectivity index (χ3v) is 3.94. The molecule has 0 saturated heterocycles. The van der Waals surface area contributed by atoms with Gasteiger partial charge in [-0.1, -0.05) is 30.3 Å². The van der Waals surface area contributed by atoms with Crippen molar-refractivity contribution in [1.29, 1.82) is 0 Å². The van der Waals surface area contributed by atoms with Crippen molar-refractivity contribution in [2.75, 3.05) is 0 Å². The summed E-state index contributed by atoms with van der Waals surface area (Å²) in [5.41, 5.74) is 5.93. The topological polar surface area (TPSA) is 143 Å². The summed E-state index contributed by atoms with van der Waals surface area (Å²) in [5, 5.41) is 19.4. The number of amides is 2. The van der Waals surface area contributed by atoms with Crippen molar-refractivity contribution < 1.29 is 24.2 Å². The van der Waals surface area contributed by atoms with Crippen LogP contribution in [0.1, 0.15) is 25.8 Å². The molecule has 4 N–H and O–H groups in total. The zero-order valence-electron chi connectivity index (χ0n) is 16.0.